The molecule has 100 valence electrons. The number of hydrogen-bond acceptors (Lipinski definition) is 2. The highest BCUT2D eigenvalue weighted by Crippen LogP contribution is 2.27. The van der Waals surface area contributed by atoms with Crippen molar-refractivity contribution in [2.45, 2.75) is 13.0 Å². The Bertz CT molecular complexity index is 551. The molecule has 0 spiro atoms. The van der Waals surface area contributed by atoms with Gasteiger partial charge in [-0.25, -0.2) is 4.39 Å². The SMILES string of the molecule is CNC(C)c1ccc(F)c(-c2ccc(OC)cc2)c1. The van der Waals surface area contributed by atoms with Gasteiger partial charge in [0, 0.05) is 11.6 Å². The van der Waals surface area contributed by atoms with E-state index in [1.807, 2.05) is 50.4 Å². The summed E-state index contributed by atoms with van der Waals surface area (Å²) in [6.45, 7) is 2.05. The maximum atomic E-state index is 14.0. The molecule has 0 radical (unpaired) electrons. The number of rotatable bonds is 4. The fraction of sp³-hybridized carbons (Fsp3) is 0.250. The Labute approximate surface area is 113 Å². The van der Waals surface area contributed by atoms with E-state index in [1.54, 1.807) is 7.11 Å². The summed E-state index contributed by atoms with van der Waals surface area (Å²) >= 11 is 0. The van der Waals surface area contributed by atoms with Crippen LogP contribution in [0.1, 0.15) is 18.5 Å². The number of methoxy groups -OCH3 is 1. The third kappa shape index (κ3) is 2.93. The summed E-state index contributed by atoms with van der Waals surface area (Å²) in [5.74, 6) is 0.557. The zero-order valence-electron chi connectivity index (χ0n) is 11.4. The highest BCUT2D eigenvalue weighted by molar-refractivity contribution is 5.65. The molecule has 0 amide bonds. The maximum absolute atomic E-state index is 14.0. The number of hydrogen-bond donors (Lipinski definition) is 1. The van der Waals surface area contributed by atoms with Crippen LogP contribution in [0.15, 0.2) is 42.5 Å². The molecule has 0 aliphatic rings. The van der Waals surface area contributed by atoms with E-state index in [0.717, 1.165) is 16.9 Å². The van der Waals surface area contributed by atoms with E-state index in [9.17, 15) is 4.39 Å². The van der Waals surface area contributed by atoms with Crippen LogP contribution in [-0.2, 0) is 0 Å². The van der Waals surface area contributed by atoms with Crippen LogP contribution in [0.5, 0.6) is 5.75 Å². The van der Waals surface area contributed by atoms with Gasteiger partial charge in [0.2, 0.25) is 0 Å². The lowest BCUT2D eigenvalue weighted by Gasteiger charge is -2.13. The summed E-state index contributed by atoms with van der Waals surface area (Å²) in [4.78, 5) is 0. The minimum Gasteiger partial charge on any atom is -0.497 e. The van der Waals surface area contributed by atoms with E-state index in [-0.39, 0.29) is 11.9 Å². The molecule has 2 nitrogen and oxygen atoms in total. The van der Waals surface area contributed by atoms with Crippen LogP contribution < -0.4 is 10.1 Å². The summed E-state index contributed by atoms with van der Waals surface area (Å²) in [7, 11) is 3.51. The Hall–Kier alpha value is -1.87. The number of benzene rings is 2. The van der Waals surface area contributed by atoms with Gasteiger partial charge in [0.25, 0.3) is 0 Å². The second-order valence-corrected chi connectivity index (χ2v) is 4.48. The Kier molecular flexibility index (Phi) is 4.17. The first kappa shape index (κ1) is 13.6. The highest BCUT2D eigenvalue weighted by Gasteiger charge is 2.09. The number of ether oxygens (including phenoxy) is 1. The largest absolute Gasteiger partial charge is 0.497 e. The lowest BCUT2D eigenvalue weighted by Crippen LogP contribution is -2.12. The number of halogens is 1. The summed E-state index contributed by atoms with van der Waals surface area (Å²) in [5, 5.41) is 3.16. The summed E-state index contributed by atoms with van der Waals surface area (Å²) in [5.41, 5.74) is 2.53. The maximum Gasteiger partial charge on any atom is 0.131 e. The van der Waals surface area contributed by atoms with Crippen molar-refractivity contribution in [3.63, 3.8) is 0 Å². The summed E-state index contributed by atoms with van der Waals surface area (Å²) in [6.07, 6.45) is 0. The van der Waals surface area contributed by atoms with E-state index in [0.29, 0.717) is 5.56 Å². The van der Waals surface area contributed by atoms with E-state index in [1.165, 1.54) is 6.07 Å². The Morgan fingerprint density at radius 1 is 1.11 bits per heavy atom. The molecule has 0 saturated heterocycles. The van der Waals surface area contributed by atoms with Gasteiger partial charge >= 0.3 is 0 Å². The lowest BCUT2D eigenvalue weighted by molar-refractivity contribution is 0.415. The van der Waals surface area contributed by atoms with Gasteiger partial charge in [-0.3, -0.25) is 0 Å². The minimum atomic E-state index is -0.211. The van der Waals surface area contributed by atoms with Crippen LogP contribution in [0, 0.1) is 5.82 Å². The normalized spacial score (nSPS) is 12.2. The minimum absolute atomic E-state index is 0.192. The van der Waals surface area contributed by atoms with Crippen molar-refractivity contribution in [3.8, 4) is 16.9 Å². The van der Waals surface area contributed by atoms with Crippen molar-refractivity contribution in [2.75, 3.05) is 14.2 Å². The first-order chi connectivity index (χ1) is 9.15. The van der Waals surface area contributed by atoms with Gasteiger partial charge in [-0.2, -0.15) is 0 Å². The molecular weight excluding hydrogens is 241 g/mol. The van der Waals surface area contributed by atoms with Gasteiger partial charge < -0.3 is 10.1 Å². The van der Waals surface area contributed by atoms with Crippen molar-refractivity contribution >= 4 is 0 Å². The Morgan fingerprint density at radius 2 is 1.79 bits per heavy atom. The number of nitrogens with one attached hydrogen (secondary N) is 1. The monoisotopic (exact) mass is 259 g/mol. The van der Waals surface area contributed by atoms with Crippen LogP contribution in [-0.4, -0.2) is 14.2 Å². The zero-order valence-corrected chi connectivity index (χ0v) is 11.4. The van der Waals surface area contributed by atoms with Gasteiger partial charge in [0.05, 0.1) is 7.11 Å². The fourth-order valence-electron chi connectivity index (χ4n) is 1.97. The standard InChI is InChI=1S/C16H18FNO/c1-11(18-2)13-6-9-16(17)15(10-13)12-4-7-14(19-3)8-5-12/h4-11,18H,1-3H3. The van der Waals surface area contributed by atoms with E-state index in [2.05, 4.69) is 5.32 Å². The summed E-state index contributed by atoms with van der Waals surface area (Å²) < 4.78 is 19.1. The second-order valence-electron chi connectivity index (χ2n) is 4.48. The topological polar surface area (TPSA) is 21.3 Å². The Morgan fingerprint density at radius 3 is 2.37 bits per heavy atom. The van der Waals surface area contributed by atoms with E-state index < -0.39 is 0 Å². The predicted molar refractivity (Wildman–Crippen MR) is 75.9 cm³/mol. The third-order valence-electron chi connectivity index (χ3n) is 3.32. The molecule has 1 atom stereocenters. The molecule has 0 heterocycles. The van der Waals surface area contributed by atoms with Gasteiger partial charge in [-0.1, -0.05) is 18.2 Å². The smallest absolute Gasteiger partial charge is 0.131 e. The molecule has 1 N–H and O–H groups in total. The van der Waals surface area contributed by atoms with Crippen molar-refractivity contribution < 1.29 is 9.13 Å². The molecular formula is C16H18FNO. The zero-order chi connectivity index (χ0) is 13.8. The molecule has 2 rings (SSSR count). The molecule has 3 heteroatoms. The molecule has 0 aromatic heterocycles. The van der Waals surface area contributed by atoms with Gasteiger partial charge in [-0.05, 0) is 49.4 Å². The Balaban J connectivity index is 2.42. The van der Waals surface area contributed by atoms with Gasteiger partial charge in [-0.15, -0.1) is 0 Å². The molecule has 2 aromatic carbocycles. The van der Waals surface area contributed by atoms with Crippen molar-refractivity contribution in [1.29, 1.82) is 0 Å². The molecule has 0 aliphatic carbocycles. The van der Waals surface area contributed by atoms with Crippen LogP contribution in [0.25, 0.3) is 11.1 Å². The first-order valence-electron chi connectivity index (χ1n) is 6.27. The third-order valence-corrected chi connectivity index (χ3v) is 3.32. The average molecular weight is 259 g/mol. The fourth-order valence-corrected chi connectivity index (χ4v) is 1.97. The summed E-state index contributed by atoms with van der Waals surface area (Å²) in [6, 6.07) is 12.8. The second kappa shape index (κ2) is 5.85. The first-order valence-corrected chi connectivity index (χ1v) is 6.27. The van der Waals surface area contributed by atoms with Crippen molar-refractivity contribution in [3.05, 3.63) is 53.8 Å². The van der Waals surface area contributed by atoms with Gasteiger partial charge in [0.15, 0.2) is 0 Å². The molecule has 0 saturated carbocycles. The molecule has 0 bridgehead atoms. The van der Waals surface area contributed by atoms with Crippen LogP contribution in [0.2, 0.25) is 0 Å². The molecule has 2 aromatic rings. The van der Waals surface area contributed by atoms with Crippen molar-refractivity contribution in [2.24, 2.45) is 0 Å². The highest BCUT2D eigenvalue weighted by atomic mass is 19.1. The van der Waals surface area contributed by atoms with Gasteiger partial charge in [0.1, 0.15) is 11.6 Å². The van der Waals surface area contributed by atoms with Crippen LogP contribution >= 0.6 is 0 Å². The molecule has 0 aliphatic heterocycles. The molecule has 0 fully saturated rings. The lowest BCUT2D eigenvalue weighted by atomic mass is 9.99. The predicted octanol–water partition coefficient (Wildman–Crippen LogP) is 3.78. The quantitative estimate of drug-likeness (QED) is 0.902. The van der Waals surface area contributed by atoms with E-state index in [4.69, 9.17) is 4.74 Å². The average Bonchev–Trinajstić information content (AvgIpc) is 2.47. The molecule has 1 unspecified atom stereocenters. The molecule has 19 heavy (non-hydrogen) atoms. The van der Waals surface area contributed by atoms with Crippen molar-refractivity contribution in [1.82, 2.24) is 5.32 Å². The van der Waals surface area contributed by atoms with E-state index >= 15 is 0 Å². The van der Waals surface area contributed by atoms with Crippen LogP contribution in [0.3, 0.4) is 0 Å². The van der Waals surface area contributed by atoms with Crippen LogP contribution in [0.4, 0.5) is 4.39 Å².